The van der Waals surface area contributed by atoms with E-state index in [0.717, 1.165) is 0 Å². The molecule has 24 heavy (non-hydrogen) atoms. The number of nitrogens with one attached hydrogen (secondary N) is 1. The second kappa shape index (κ2) is 6.77. The van der Waals surface area contributed by atoms with Crippen LogP contribution in [0.5, 0.6) is 0 Å². The van der Waals surface area contributed by atoms with Gasteiger partial charge in [0.2, 0.25) is 15.9 Å². The summed E-state index contributed by atoms with van der Waals surface area (Å²) in [6, 6.07) is 9.80. The number of hydrogen-bond donors (Lipinski definition) is 2. The van der Waals surface area contributed by atoms with Crippen LogP contribution in [-0.2, 0) is 21.2 Å². The Kier molecular flexibility index (Phi) is 4.96. The Labute approximate surface area is 138 Å². The highest BCUT2D eigenvalue weighted by Gasteiger charge is 2.12. The molecule has 126 valence electrons. The molecule has 0 spiro atoms. The van der Waals surface area contributed by atoms with Crippen LogP contribution in [0.1, 0.15) is 11.1 Å². The van der Waals surface area contributed by atoms with Crippen LogP contribution in [0.15, 0.2) is 47.4 Å². The first kappa shape index (κ1) is 17.6. The summed E-state index contributed by atoms with van der Waals surface area (Å²) in [6.45, 7) is 1.72. The highest BCUT2D eigenvalue weighted by molar-refractivity contribution is 7.89. The molecule has 0 radical (unpaired) electrons. The van der Waals surface area contributed by atoms with Gasteiger partial charge in [-0.05, 0) is 30.2 Å². The molecule has 0 aliphatic rings. The lowest BCUT2D eigenvalue weighted by atomic mass is 10.1. The number of nitrogens with two attached hydrogens (primary N) is 1. The van der Waals surface area contributed by atoms with Gasteiger partial charge in [0.05, 0.1) is 21.9 Å². The maximum Gasteiger partial charge on any atom is 0.271 e. The lowest BCUT2D eigenvalue weighted by Crippen LogP contribution is -2.16. The van der Waals surface area contributed by atoms with E-state index in [1.54, 1.807) is 13.0 Å². The largest absolute Gasteiger partial charge is 0.325 e. The summed E-state index contributed by atoms with van der Waals surface area (Å²) in [5.41, 5.74) is 1.52. The van der Waals surface area contributed by atoms with E-state index in [0.29, 0.717) is 16.8 Å². The fraction of sp³-hybridized carbons (Fsp3) is 0.133. The summed E-state index contributed by atoms with van der Waals surface area (Å²) in [6.07, 6.45) is -0.00691. The number of nitro benzene ring substituents is 1. The summed E-state index contributed by atoms with van der Waals surface area (Å²) < 4.78 is 22.4. The molecule has 0 saturated heterocycles. The van der Waals surface area contributed by atoms with Gasteiger partial charge in [-0.25, -0.2) is 13.6 Å². The number of aryl methyl sites for hydroxylation is 1. The first-order valence-corrected chi connectivity index (χ1v) is 8.38. The van der Waals surface area contributed by atoms with Crippen molar-refractivity contribution in [2.24, 2.45) is 5.14 Å². The fourth-order valence-electron chi connectivity index (χ4n) is 2.03. The van der Waals surface area contributed by atoms with Crippen LogP contribution in [0, 0.1) is 17.0 Å². The predicted molar refractivity (Wildman–Crippen MR) is 88.0 cm³/mol. The Morgan fingerprint density at radius 1 is 1.21 bits per heavy atom. The molecule has 0 saturated carbocycles. The quantitative estimate of drug-likeness (QED) is 0.626. The van der Waals surface area contributed by atoms with Crippen molar-refractivity contribution >= 4 is 27.3 Å². The van der Waals surface area contributed by atoms with E-state index >= 15 is 0 Å². The van der Waals surface area contributed by atoms with Gasteiger partial charge in [0.15, 0.2) is 0 Å². The zero-order valence-electron chi connectivity index (χ0n) is 12.7. The third-order valence-corrected chi connectivity index (χ3v) is 4.25. The van der Waals surface area contributed by atoms with Gasteiger partial charge in [-0.1, -0.05) is 18.2 Å². The third kappa shape index (κ3) is 4.37. The maximum absolute atomic E-state index is 12.1. The molecule has 0 atom stereocenters. The number of nitro groups is 1. The molecular weight excluding hydrogens is 334 g/mol. The van der Waals surface area contributed by atoms with Crippen LogP contribution >= 0.6 is 0 Å². The van der Waals surface area contributed by atoms with Gasteiger partial charge in [-0.15, -0.1) is 0 Å². The van der Waals surface area contributed by atoms with Crippen molar-refractivity contribution in [1.82, 2.24) is 0 Å². The summed E-state index contributed by atoms with van der Waals surface area (Å²) in [7, 11) is -3.78. The molecule has 3 N–H and O–H groups in total. The number of sulfonamides is 1. The Balaban J connectivity index is 2.11. The minimum absolute atomic E-state index is 0.00691. The van der Waals surface area contributed by atoms with Crippen molar-refractivity contribution in [2.45, 2.75) is 18.2 Å². The number of amides is 1. The van der Waals surface area contributed by atoms with Crippen molar-refractivity contribution in [3.63, 3.8) is 0 Å². The summed E-state index contributed by atoms with van der Waals surface area (Å²) in [5.74, 6) is -0.373. The van der Waals surface area contributed by atoms with Gasteiger partial charge in [-0.2, -0.15) is 0 Å². The van der Waals surface area contributed by atoms with Crippen LogP contribution in [-0.4, -0.2) is 19.2 Å². The minimum Gasteiger partial charge on any atom is -0.325 e. The van der Waals surface area contributed by atoms with Crippen molar-refractivity contribution in [3.05, 3.63) is 63.7 Å². The second-order valence-corrected chi connectivity index (χ2v) is 6.73. The molecule has 0 bridgehead atoms. The first-order valence-electron chi connectivity index (χ1n) is 6.83. The zero-order valence-corrected chi connectivity index (χ0v) is 13.5. The van der Waals surface area contributed by atoms with Crippen LogP contribution in [0.2, 0.25) is 0 Å². The highest BCUT2D eigenvalue weighted by Crippen LogP contribution is 2.22. The van der Waals surface area contributed by atoms with E-state index < -0.39 is 14.9 Å². The number of carbonyl (C=O) groups excluding carboxylic acids is 1. The van der Waals surface area contributed by atoms with E-state index in [9.17, 15) is 23.3 Å². The summed E-state index contributed by atoms with van der Waals surface area (Å²) in [5, 5.41) is 18.4. The number of carbonyl (C=O) groups is 1. The first-order chi connectivity index (χ1) is 11.2. The van der Waals surface area contributed by atoms with Gasteiger partial charge in [0.25, 0.3) is 5.69 Å². The summed E-state index contributed by atoms with van der Waals surface area (Å²) in [4.78, 5) is 22.3. The lowest BCUT2D eigenvalue weighted by Gasteiger charge is -2.08. The van der Waals surface area contributed by atoms with E-state index in [-0.39, 0.29) is 22.9 Å². The Morgan fingerprint density at radius 2 is 1.83 bits per heavy atom. The van der Waals surface area contributed by atoms with Crippen molar-refractivity contribution in [3.8, 4) is 0 Å². The van der Waals surface area contributed by atoms with Gasteiger partial charge in [0, 0.05) is 12.1 Å². The Bertz CT molecular complexity index is 892. The number of rotatable bonds is 5. The molecule has 0 aliphatic carbocycles. The number of benzene rings is 2. The predicted octanol–water partition coefficient (Wildman–Crippen LogP) is 1.73. The maximum atomic E-state index is 12.1. The van der Waals surface area contributed by atoms with Crippen LogP contribution < -0.4 is 10.5 Å². The van der Waals surface area contributed by atoms with Gasteiger partial charge in [0.1, 0.15) is 0 Å². The SMILES string of the molecule is Cc1ccc([N+](=O)[O-])cc1NC(=O)Cc1ccc(S(N)(=O)=O)cc1. The van der Waals surface area contributed by atoms with Crippen LogP contribution in [0.3, 0.4) is 0 Å². The monoisotopic (exact) mass is 349 g/mol. The third-order valence-electron chi connectivity index (χ3n) is 3.32. The highest BCUT2D eigenvalue weighted by atomic mass is 32.2. The van der Waals surface area contributed by atoms with Crippen LogP contribution in [0.4, 0.5) is 11.4 Å². The van der Waals surface area contributed by atoms with Gasteiger partial charge >= 0.3 is 0 Å². The van der Waals surface area contributed by atoms with E-state index in [1.807, 2.05) is 0 Å². The molecular formula is C15H15N3O5S. The molecule has 0 fully saturated rings. The molecule has 0 unspecified atom stereocenters. The molecule has 0 heterocycles. The Morgan fingerprint density at radius 3 is 2.38 bits per heavy atom. The minimum atomic E-state index is -3.78. The molecule has 0 aromatic heterocycles. The van der Waals surface area contributed by atoms with E-state index in [4.69, 9.17) is 5.14 Å². The number of non-ortho nitro benzene ring substituents is 1. The van der Waals surface area contributed by atoms with Crippen LogP contribution in [0.25, 0.3) is 0 Å². The second-order valence-electron chi connectivity index (χ2n) is 5.17. The molecule has 8 nitrogen and oxygen atoms in total. The smallest absolute Gasteiger partial charge is 0.271 e. The normalized spacial score (nSPS) is 11.1. The Hall–Kier alpha value is -2.78. The number of hydrogen-bond acceptors (Lipinski definition) is 5. The molecule has 0 aliphatic heterocycles. The standard InChI is InChI=1S/C15H15N3O5S/c1-10-2-5-12(18(20)21)9-14(10)17-15(19)8-11-3-6-13(7-4-11)24(16,22)23/h2-7,9H,8H2,1H3,(H,17,19)(H2,16,22,23). The van der Waals surface area contributed by atoms with Gasteiger partial charge in [-0.3, -0.25) is 14.9 Å². The molecule has 2 aromatic rings. The molecule has 2 aromatic carbocycles. The van der Waals surface area contributed by atoms with Crippen molar-refractivity contribution in [2.75, 3.05) is 5.32 Å². The lowest BCUT2D eigenvalue weighted by molar-refractivity contribution is -0.384. The topological polar surface area (TPSA) is 132 Å². The van der Waals surface area contributed by atoms with Gasteiger partial charge < -0.3 is 5.32 Å². The zero-order chi connectivity index (χ0) is 17.9. The fourth-order valence-corrected chi connectivity index (χ4v) is 2.55. The number of primary sulfonamides is 1. The van der Waals surface area contributed by atoms with Crippen molar-refractivity contribution in [1.29, 1.82) is 0 Å². The average Bonchev–Trinajstić information content (AvgIpc) is 2.48. The number of anilines is 1. The molecule has 2 rings (SSSR count). The molecule has 1 amide bonds. The van der Waals surface area contributed by atoms with E-state index in [2.05, 4.69) is 5.32 Å². The summed E-state index contributed by atoms with van der Waals surface area (Å²) >= 11 is 0. The average molecular weight is 349 g/mol. The van der Waals surface area contributed by atoms with Crippen molar-refractivity contribution < 1.29 is 18.1 Å². The van der Waals surface area contributed by atoms with E-state index in [1.165, 1.54) is 36.4 Å². The molecule has 9 heteroatoms. The number of nitrogens with zero attached hydrogens (tertiary/aromatic N) is 1.